The van der Waals surface area contributed by atoms with Crippen LogP contribution in [0.2, 0.25) is 0 Å². The zero-order chi connectivity index (χ0) is 17.1. The zero-order valence-electron chi connectivity index (χ0n) is 14.6. The van der Waals surface area contributed by atoms with E-state index < -0.39 is 0 Å². The molecule has 0 aliphatic carbocycles. The van der Waals surface area contributed by atoms with Gasteiger partial charge in [-0.15, -0.1) is 0 Å². The summed E-state index contributed by atoms with van der Waals surface area (Å²) in [7, 11) is 1.58. The molecule has 0 bridgehead atoms. The molecule has 0 amide bonds. The molecule has 2 aliphatic rings. The predicted molar refractivity (Wildman–Crippen MR) is 94.3 cm³/mol. The molecular weight excluding hydrogens is 334 g/mol. The Morgan fingerprint density at radius 1 is 1.15 bits per heavy atom. The van der Waals surface area contributed by atoms with Gasteiger partial charge in [-0.3, -0.25) is 0 Å². The normalized spacial score (nSPS) is 13.8. The number of phenolic OH excluding ortho intramolecular Hbond substituents is 1. The summed E-state index contributed by atoms with van der Waals surface area (Å²) in [6, 6.07) is 7.81. The molecule has 0 saturated heterocycles. The predicted octanol–water partition coefficient (Wildman–Crippen LogP) is 2.92. The average molecular weight is 353 g/mol. The molecule has 26 heavy (non-hydrogen) atoms. The molecule has 0 fully saturated rings. The third kappa shape index (κ3) is 2.12. The number of methoxy groups -OCH3 is 1. The highest BCUT2D eigenvalue weighted by Crippen LogP contribution is 2.43. The van der Waals surface area contributed by atoms with Crippen LogP contribution in [0.5, 0.6) is 23.0 Å². The maximum atomic E-state index is 10.1. The van der Waals surface area contributed by atoms with Crippen molar-refractivity contribution < 1.29 is 29.4 Å². The van der Waals surface area contributed by atoms with Crippen LogP contribution in [0.25, 0.3) is 22.0 Å². The molecule has 6 nitrogen and oxygen atoms in total. The first-order valence-electron chi connectivity index (χ1n) is 8.33. The topological polar surface area (TPSA) is 81.8 Å². The molecule has 6 heteroatoms. The van der Waals surface area contributed by atoms with Gasteiger partial charge in [0.25, 0.3) is 0 Å². The molecule has 2 aliphatic heterocycles. The van der Waals surface area contributed by atoms with Crippen LogP contribution in [0.1, 0.15) is 11.1 Å². The van der Waals surface area contributed by atoms with E-state index in [0.29, 0.717) is 5.75 Å². The van der Waals surface area contributed by atoms with Crippen LogP contribution in [0.4, 0.5) is 0 Å². The average Bonchev–Trinajstić information content (AvgIpc) is 3.10. The smallest absolute Gasteiger partial charge is 0.231 e. The fraction of sp³-hybridized carbons (Fsp3) is 0.250. The number of ether oxygens (including phenoxy) is 3. The summed E-state index contributed by atoms with van der Waals surface area (Å²) in [5.41, 5.74) is 4.59. The third-order valence-electron chi connectivity index (χ3n) is 5.19. The van der Waals surface area contributed by atoms with E-state index in [2.05, 4.69) is 23.8 Å². The number of aryl methyl sites for hydroxylation is 3. The van der Waals surface area contributed by atoms with Crippen LogP contribution in [-0.2, 0) is 13.0 Å². The summed E-state index contributed by atoms with van der Waals surface area (Å²) < 4.78 is 18.8. The Labute approximate surface area is 150 Å². The Morgan fingerprint density at radius 2 is 2.00 bits per heavy atom. The molecule has 3 aromatic rings. The van der Waals surface area contributed by atoms with E-state index in [-0.39, 0.29) is 18.0 Å². The number of fused-ring (bicyclic) bond motifs is 6. The van der Waals surface area contributed by atoms with Crippen molar-refractivity contribution in [1.29, 1.82) is 0 Å². The molecule has 0 saturated carbocycles. The Bertz CT molecular complexity index is 1040. The van der Waals surface area contributed by atoms with Crippen LogP contribution >= 0.6 is 0 Å². The first-order valence-corrected chi connectivity index (χ1v) is 8.33. The third-order valence-corrected chi connectivity index (χ3v) is 5.19. The van der Waals surface area contributed by atoms with E-state index in [9.17, 15) is 5.11 Å². The van der Waals surface area contributed by atoms with Gasteiger partial charge in [-0.25, -0.2) is 0 Å². The first-order chi connectivity index (χ1) is 12.2. The van der Waals surface area contributed by atoms with Gasteiger partial charge in [-0.2, -0.15) is 4.57 Å². The molecule has 2 N–H and O–H groups in total. The van der Waals surface area contributed by atoms with Gasteiger partial charge in [0.2, 0.25) is 12.5 Å². The van der Waals surface area contributed by atoms with Gasteiger partial charge in [-0.1, -0.05) is 0 Å². The number of hydrogen-bond donors (Lipinski definition) is 1. The molecule has 1 aromatic heterocycles. The van der Waals surface area contributed by atoms with Crippen molar-refractivity contribution >= 4 is 10.8 Å². The number of rotatable bonds is 1. The van der Waals surface area contributed by atoms with Crippen molar-refractivity contribution in [3.05, 3.63) is 41.6 Å². The van der Waals surface area contributed by atoms with E-state index in [1.165, 1.54) is 5.56 Å². The first kappa shape index (κ1) is 16.5. The maximum Gasteiger partial charge on any atom is 0.231 e. The van der Waals surface area contributed by atoms with Crippen LogP contribution in [-0.4, -0.2) is 24.5 Å². The number of phenols is 1. The van der Waals surface area contributed by atoms with Crippen LogP contribution < -0.4 is 18.8 Å². The molecule has 3 heterocycles. The lowest BCUT2D eigenvalue weighted by atomic mass is 9.92. The van der Waals surface area contributed by atoms with Crippen LogP contribution in [0.3, 0.4) is 0 Å². The number of benzene rings is 2. The molecule has 0 spiro atoms. The number of aromatic nitrogens is 1. The molecule has 2 aromatic carbocycles. The van der Waals surface area contributed by atoms with E-state index >= 15 is 0 Å². The van der Waals surface area contributed by atoms with E-state index in [4.69, 9.17) is 14.2 Å². The minimum absolute atomic E-state index is 0. The SMILES string of the molecule is COc1cc2c(cc1O)CC[n+]1cc3c4c(ccc3c(C)c1-2)OCO4.[OH-]. The second kappa shape index (κ2) is 5.78. The van der Waals surface area contributed by atoms with Crippen LogP contribution in [0, 0.1) is 6.92 Å². The van der Waals surface area contributed by atoms with Crippen molar-refractivity contribution in [2.24, 2.45) is 0 Å². The standard InChI is InChI=1S/C20H17NO4.H2O/c1-11-13-3-4-17-20(25-10-24-17)15(13)9-21-6-5-12-7-16(22)18(23-2)8-14(12)19(11)21;/h3-4,7-9H,5-6,10H2,1-2H3;1H2. The van der Waals surface area contributed by atoms with E-state index in [1.54, 1.807) is 7.11 Å². The summed E-state index contributed by atoms with van der Waals surface area (Å²) in [5.74, 6) is 2.31. The highest BCUT2D eigenvalue weighted by atomic mass is 16.7. The van der Waals surface area contributed by atoms with Gasteiger partial charge < -0.3 is 24.8 Å². The largest absolute Gasteiger partial charge is 0.870 e. The van der Waals surface area contributed by atoms with E-state index in [0.717, 1.165) is 52.1 Å². The number of nitrogens with zero attached hydrogens (tertiary/aromatic N) is 1. The summed E-state index contributed by atoms with van der Waals surface area (Å²) in [6.45, 7) is 3.26. The lowest BCUT2D eigenvalue weighted by molar-refractivity contribution is -0.686. The fourth-order valence-corrected chi connectivity index (χ4v) is 3.99. The molecule has 0 unspecified atom stereocenters. The monoisotopic (exact) mass is 353 g/mol. The maximum absolute atomic E-state index is 10.1. The summed E-state index contributed by atoms with van der Waals surface area (Å²) >= 11 is 0. The summed E-state index contributed by atoms with van der Waals surface area (Å²) in [5, 5.41) is 12.3. The molecule has 5 rings (SSSR count). The van der Waals surface area contributed by atoms with Gasteiger partial charge in [0.15, 0.2) is 35.7 Å². The number of pyridine rings is 1. The van der Waals surface area contributed by atoms with Crippen molar-refractivity contribution in [1.82, 2.24) is 0 Å². The van der Waals surface area contributed by atoms with Gasteiger partial charge in [-0.05, 0) is 36.8 Å². The lowest BCUT2D eigenvalue weighted by Crippen LogP contribution is -2.40. The van der Waals surface area contributed by atoms with Gasteiger partial charge in [0.1, 0.15) is 0 Å². The minimum atomic E-state index is 0. The summed E-state index contributed by atoms with van der Waals surface area (Å²) in [4.78, 5) is 0. The molecule has 134 valence electrons. The van der Waals surface area contributed by atoms with Crippen molar-refractivity contribution in [3.63, 3.8) is 0 Å². The molecule has 0 atom stereocenters. The lowest BCUT2D eigenvalue weighted by Gasteiger charge is -2.19. The van der Waals surface area contributed by atoms with Gasteiger partial charge in [0, 0.05) is 17.4 Å². The Morgan fingerprint density at radius 3 is 2.81 bits per heavy atom. The molecule has 0 radical (unpaired) electrons. The number of hydrogen-bond acceptors (Lipinski definition) is 5. The quantitative estimate of drug-likeness (QED) is 0.680. The van der Waals surface area contributed by atoms with Gasteiger partial charge >= 0.3 is 0 Å². The van der Waals surface area contributed by atoms with Crippen molar-refractivity contribution in [2.75, 3.05) is 13.9 Å². The van der Waals surface area contributed by atoms with Crippen molar-refractivity contribution in [3.8, 4) is 34.3 Å². The second-order valence-electron chi connectivity index (χ2n) is 6.49. The fourth-order valence-electron chi connectivity index (χ4n) is 3.99. The van der Waals surface area contributed by atoms with Gasteiger partial charge in [0.05, 0.1) is 18.1 Å². The van der Waals surface area contributed by atoms with Crippen LogP contribution in [0.15, 0.2) is 30.5 Å². The summed E-state index contributed by atoms with van der Waals surface area (Å²) in [6.07, 6.45) is 3.01. The Hall–Kier alpha value is -2.99. The molecular formula is C20H19NO5. The zero-order valence-corrected chi connectivity index (χ0v) is 14.6. The van der Waals surface area contributed by atoms with E-state index in [1.807, 2.05) is 18.2 Å². The van der Waals surface area contributed by atoms with Crippen molar-refractivity contribution in [2.45, 2.75) is 19.9 Å². The minimum Gasteiger partial charge on any atom is -0.870 e. The highest BCUT2D eigenvalue weighted by Gasteiger charge is 2.30. The highest BCUT2D eigenvalue weighted by molar-refractivity contribution is 5.95. The Kier molecular flexibility index (Phi) is 3.66. The Balaban J connectivity index is 0.00000168. The second-order valence-corrected chi connectivity index (χ2v) is 6.49. The number of aromatic hydroxyl groups is 1.